The Kier molecular flexibility index (Phi) is 7.23. The zero-order chi connectivity index (χ0) is 22.4. The molecule has 3 rings (SSSR count). The van der Waals surface area contributed by atoms with E-state index >= 15 is 0 Å². The predicted octanol–water partition coefficient (Wildman–Crippen LogP) is 3.55. The number of benzene rings is 2. The summed E-state index contributed by atoms with van der Waals surface area (Å²) in [4.78, 5) is 38.2. The fourth-order valence-electron chi connectivity index (χ4n) is 4.02. The number of rotatable bonds is 7. The van der Waals surface area contributed by atoms with Crippen LogP contribution < -0.4 is 10.6 Å². The van der Waals surface area contributed by atoms with Gasteiger partial charge in [-0.25, -0.2) is 0 Å². The number of nitrogens with zero attached hydrogens (tertiary/aromatic N) is 2. The van der Waals surface area contributed by atoms with Crippen molar-refractivity contribution in [3.05, 3.63) is 69.8 Å². The molecule has 8 nitrogen and oxygen atoms in total. The highest BCUT2D eigenvalue weighted by Crippen LogP contribution is 2.25. The summed E-state index contributed by atoms with van der Waals surface area (Å²) in [6.45, 7) is 3.16. The molecule has 2 N–H and O–H groups in total. The Morgan fingerprint density at radius 1 is 1.16 bits per heavy atom. The molecule has 0 bridgehead atoms. The Hall–Kier alpha value is -3.42. The van der Waals surface area contributed by atoms with Gasteiger partial charge < -0.3 is 15.5 Å². The van der Waals surface area contributed by atoms with Crippen LogP contribution in [0.4, 0.5) is 11.4 Å². The Morgan fingerprint density at radius 3 is 2.42 bits per heavy atom. The van der Waals surface area contributed by atoms with Crippen LogP contribution in [0.15, 0.2) is 48.5 Å². The van der Waals surface area contributed by atoms with Crippen molar-refractivity contribution in [3.8, 4) is 0 Å². The smallest absolute Gasteiger partial charge is 0.270 e. The fourth-order valence-corrected chi connectivity index (χ4v) is 4.02. The first-order valence-electron chi connectivity index (χ1n) is 10.5. The quantitative estimate of drug-likeness (QED) is 0.522. The van der Waals surface area contributed by atoms with Crippen LogP contribution in [0, 0.1) is 10.1 Å². The maximum atomic E-state index is 13.0. The highest BCUT2D eigenvalue weighted by atomic mass is 16.6. The molecule has 1 heterocycles. The third-order valence-electron chi connectivity index (χ3n) is 5.78. The second-order valence-electron chi connectivity index (χ2n) is 7.68. The van der Waals surface area contributed by atoms with Gasteiger partial charge in [0.2, 0.25) is 5.91 Å². The first-order chi connectivity index (χ1) is 14.9. The standard InChI is InChI=1S/C23H28N4O4/c1-3-19(16-7-5-4-6-8-16)23(29)26-13-11-17(12-14-26)25-22(28)20-15-18(27(30)31)9-10-21(20)24-2/h4-10,15,17,19,24H,3,11-14H2,1-2H3,(H,25,28). The second-order valence-corrected chi connectivity index (χ2v) is 7.68. The molecule has 0 aliphatic carbocycles. The van der Waals surface area contributed by atoms with Crippen molar-refractivity contribution in [2.75, 3.05) is 25.5 Å². The molecule has 0 radical (unpaired) electrons. The number of nitro benzene ring substituents is 1. The number of amides is 2. The molecule has 1 fully saturated rings. The summed E-state index contributed by atoms with van der Waals surface area (Å²) in [5.41, 5.74) is 1.67. The lowest BCUT2D eigenvalue weighted by Crippen LogP contribution is -2.47. The molecule has 1 aliphatic rings. The van der Waals surface area contributed by atoms with Gasteiger partial charge in [-0.2, -0.15) is 0 Å². The van der Waals surface area contributed by atoms with Gasteiger partial charge >= 0.3 is 0 Å². The summed E-state index contributed by atoms with van der Waals surface area (Å²) in [6, 6.07) is 13.9. The van der Waals surface area contributed by atoms with E-state index in [1.54, 1.807) is 7.05 Å². The molecule has 31 heavy (non-hydrogen) atoms. The molecule has 0 aromatic heterocycles. The van der Waals surface area contributed by atoms with Gasteiger partial charge in [-0.3, -0.25) is 19.7 Å². The van der Waals surface area contributed by atoms with Crippen LogP contribution in [0.5, 0.6) is 0 Å². The summed E-state index contributed by atoms with van der Waals surface area (Å²) < 4.78 is 0. The Morgan fingerprint density at radius 2 is 1.84 bits per heavy atom. The maximum absolute atomic E-state index is 13.0. The highest BCUT2D eigenvalue weighted by molar-refractivity contribution is 6.00. The van der Waals surface area contributed by atoms with Crippen molar-refractivity contribution >= 4 is 23.2 Å². The van der Waals surface area contributed by atoms with Crippen LogP contribution in [0.2, 0.25) is 0 Å². The molecule has 1 unspecified atom stereocenters. The van der Waals surface area contributed by atoms with Crippen molar-refractivity contribution in [3.63, 3.8) is 0 Å². The average Bonchev–Trinajstić information content (AvgIpc) is 2.80. The number of carbonyl (C=O) groups excluding carboxylic acids is 2. The molecule has 0 saturated carbocycles. The van der Waals surface area contributed by atoms with Gasteiger partial charge in [0.05, 0.1) is 16.4 Å². The van der Waals surface area contributed by atoms with Crippen molar-refractivity contribution in [1.29, 1.82) is 0 Å². The van der Waals surface area contributed by atoms with Crippen molar-refractivity contribution in [2.24, 2.45) is 0 Å². The number of piperidine rings is 1. The van der Waals surface area contributed by atoms with Crippen LogP contribution in [0.25, 0.3) is 0 Å². The zero-order valence-electron chi connectivity index (χ0n) is 17.8. The van der Waals surface area contributed by atoms with Gasteiger partial charge in [-0.05, 0) is 30.9 Å². The second kappa shape index (κ2) is 10.1. The van der Waals surface area contributed by atoms with Gasteiger partial charge in [0.15, 0.2) is 0 Å². The summed E-state index contributed by atoms with van der Waals surface area (Å²) in [5.74, 6) is -0.390. The lowest BCUT2D eigenvalue weighted by atomic mass is 9.93. The summed E-state index contributed by atoms with van der Waals surface area (Å²) in [5, 5.41) is 16.9. The number of anilines is 1. The fraction of sp³-hybridized carbons (Fsp3) is 0.391. The van der Waals surface area contributed by atoms with Crippen molar-refractivity contribution < 1.29 is 14.5 Å². The van der Waals surface area contributed by atoms with Crippen molar-refractivity contribution in [2.45, 2.75) is 38.1 Å². The molecule has 2 amide bonds. The van der Waals surface area contributed by atoms with Gasteiger partial charge in [0, 0.05) is 44.0 Å². The van der Waals surface area contributed by atoms with E-state index in [9.17, 15) is 19.7 Å². The van der Waals surface area contributed by atoms with E-state index in [0.29, 0.717) is 31.6 Å². The van der Waals surface area contributed by atoms with E-state index in [1.807, 2.05) is 42.2 Å². The summed E-state index contributed by atoms with van der Waals surface area (Å²) in [6.07, 6.45) is 2.03. The van der Waals surface area contributed by atoms with Gasteiger partial charge in [0.25, 0.3) is 11.6 Å². The molecule has 1 saturated heterocycles. The minimum absolute atomic E-state index is 0.0858. The largest absolute Gasteiger partial charge is 0.387 e. The molecular formula is C23H28N4O4. The SMILES string of the molecule is CCC(C(=O)N1CCC(NC(=O)c2cc([N+](=O)[O-])ccc2NC)CC1)c1ccccc1. The molecule has 8 heteroatoms. The molecule has 2 aromatic rings. The van der Waals surface area contributed by atoms with E-state index in [1.165, 1.54) is 18.2 Å². The van der Waals surface area contributed by atoms with E-state index in [-0.39, 0.29) is 35.0 Å². The molecule has 0 spiro atoms. The third-order valence-corrected chi connectivity index (χ3v) is 5.78. The van der Waals surface area contributed by atoms with Gasteiger partial charge in [0.1, 0.15) is 0 Å². The number of carbonyl (C=O) groups is 2. The first kappa shape index (κ1) is 22.3. The minimum Gasteiger partial charge on any atom is -0.387 e. The highest BCUT2D eigenvalue weighted by Gasteiger charge is 2.29. The molecule has 2 aromatic carbocycles. The Labute approximate surface area is 181 Å². The van der Waals surface area contributed by atoms with E-state index in [4.69, 9.17) is 0 Å². The lowest BCUT2D eigenvalue weighted by molar-refractivity contribution is -0.384. The zero-order valence-corrected chi connectivity index (χ0v) is 17.8. The number of nitrogens with one attached hydrogen (secondary N) is 2. The molecule has 1 atom stereocenters. The normalized spacial score (nSPS) is 15.2. The van der Waals surface area contributed by atoms with E-state index in [0.717, 1.165) is 12.0 Å². The topological polar surface area (TPSA) is 105 Å². The molecular weight excluding hydrogens is 396 g/mol. The van der Waals surface area contributed by atoms with E-state index in [2.05, 4.69) is 10.6 Å². The van der Waals surface area contributed by atoms with Gasteiger partial charge in [-0.1, -0.05) is 37.3 Å². The third kappa shape index (κ3) is 5.20. The van der Waals surface area contributed by atoms with Crippen LogP contribution in [-0.2, 0) is 4.79 Å². The van der Waals surface area contributed by atoms with Crippen molar-refractivity contribution in [1.82, 2.24) is 10.2 Å². The maximum Gasteiger partial charge on any atom is 0.270 e. The number of hydrogen-bond acceptors (Lipinski definition) is 5. The van der Waals surface area contributed by atoms with Crippen LogP contribution in [0.3, 0.4) is 0 Å². The average molecular weight is 425 g/mol. The minimum atomic E-state index is -0.517. The monoisotopic (exact) mass is 424 g/mol. The van der Waals surface area contributed by atoms with Crippen LogP contribution in [0.1, 0.15) is 48.0 Å². The molecule has 1 aliphatic heterocycles. The van der Waals surface area contributed by atoms with Gasteiger partial charge in [-0.15, -0.1) is 0 Å². The Balaban J connectivity index is 1.61. The first-order valence-corrected chi connectivity index (χ1v) is 10.5. The lowest BCUT2D eigenvalue weighted by Gasteiger charge is -2.34. The number of hydrogen-bond donors (Lipinski definition) is 2. The predicted molar refractivity (Wildman–Crippen MR) is 119 cm³/mol. The number of likely N-dealkylation sites (tertiary alicyclic amines) is 1. The Bertz CT molecular complexity index is 940. The summed E-state index contributed by atoms with van der Waals surface area (Å²) in [7, 11) is 1.67. The van der Waals surface area contributed by atoms with E-state index < -0.39 is 4.92 Å². The molecule has 164 valence electrons. The summed E-state index contributed by atoms with van der Waals surface area (Å²) >= 11 is 0. The number of nitro groups is 1. The van der Waals surface area contributed by atoms with Crippen LogP contribution >= 0.6 is 0 Å². The number of non-ortho nitro benzene ring substituents is 1. The van der Waals surface area contributed by atoms with Crippen LogP contribution in [-0.4, -0.2) is 47.8 Å².